The van der Waals surface area contributed by atoms with Crippen molar-refractivity contribution < 1.29 is 20.1 Å². The molecule has 1 heterocycles. The van der Waals surface area contributed by atoms with Gasteiger partial charge in [-0.15, -0.1) is 0 Å². The highest BCUT2D eigenvalue weighted by molar-refractivity contribution is 5.75. The van der Waals surface area contributed by atoms with Crippen molar-refractivity contribution in [3.05, 3.63) is 0 Å². The molecule has 0 amide bonds. The standard InChI is InChI=1S/C9H19N3O4/c10-9(11)12-3-1-2-5-7(14)8(15)6(4-13)16-5/h5-8,13-15H,1-4H2,(H4,10,11,12)/t5-,6+,7-,8+/m0/s1. The van der Waals surface area contributed by atoms with E-state index in [2.05, 4.69) is 4.99 Å². The number of nitrogens with zero attached hydrogens (tertiary/aromatic N) is 1. The molecule has 0 unspecified atom stereocenters. The van der Waals surface area contributed by atoms with Gasteiger partial charge in [-0.2, -0.15) is 0 Å². The van der Waals surface area contributed by atoms with Crippen LogP contribution in [-0.2, 0) is 4.74 Å². The van der Waals surface area contributed by atoms with Gasteiger partial charge >= 0.3 is 0 Å². The van der Waals surface area contributed by atoms with Crippen LogP contribution in [0.3, 0.4) is 0 Å². The normalized spacial score (nSPS) is 33.9. The molecule has 4 atom stereocenters. The van der Waals surface area contributed by atoms with E-state index in [0.717, 1.165) is 0 Å². The molecule has 0 bridgehead atoms. The maximum atomic E-state index is 9.60. The van der Waals surface area contributed by atoms with Crippen LogP contribution in [0.4, 0.5) is 0 Å². The lowest BCUT2D eigenvalue weighted by molar-refractivity contribution is -0.0243. The first kappa shape index (κ1) is 13.2. The van der Waals surface area contributed by atoms with Gasteiger partial charge in [0.25, 0.3) is 0 Å². The van der Waals surface area contributed by atoms with Gasteiger partial charge in [0.15, 0.2) is 5.96 Å². The van der Waals surface area contributed by atoms with E-state index in [-0.39, 0.29) is 12.6 Å². The molecule has 94 valence electrons. The molecule has 1 fully saturated rings. The van der Waals surface area contributed by atoms with Crippen LogP contribution in [0, 0.1) is 0 Å². The Labute approximate surface area is 93.7 Å². The van der Waals surface area contributed by atoms with Crippen LogP contribution >= 0.6 is 0 Å². The van der Waals surface area contributed by atoms with Crippen LogP contribution < -0.4 is 11.5 Å². The zero-order valence-electron chi connectivity index (χ0n) is 8.99. The summed E-state index contributed by atoms with van der Waals surface area (Å²) in [5.41, 5.74) is 10.3. The Balaban J connectivity index is 2.30. The van der Waals surface area contributed by atoms with Crippen molar-refractivity contribution in [1.82, 2.24) is 0 Å². The van der Waals surface area contributed by atoms with Crippen molar-refractivity contribution >= 4 is 5.96 Å². The molecule has 7 heteroatoms. The van der Waals surface area contributed by atoms with Gasteiger partial charge in [0.05, 0.1) is 12.7 Å². The largest absolute Gasteiger partial charge is 0.394 e. The monoisotopic (exact) mass is 233 g/mol. The summed E-state index contributed by atoms with van der Waals surface area (Å²) >= 11 is 0. The van der Waals surface area contributed by atoms with E-state index in [9.17, 15) is 10.2 Å². The number of guanidine groups is 1. The van der Waals surface area contributed by atoms with E-state index in [0.29, 0.717) is 19.4 Å². The van der Waals surface area contributed by atoms with Crippen molar-refractivity contribution in [3.63, 3.8) is 0 Å². The highest BCUT2D eigenvalue weighted by atomic mass is 16.6. The van der Waals surface area contributed by atoms with Crippen LogP contribution in [-0.4, -0.2) is 58.8 Å². The molecule has 0 aromatic heterocycles. The summed E-state index contributed by atoms with van der Waals surface area (Å²) in [4.78, 5) is 3.79. The second-order valence-corrected chi connectivity index (χ2v) is 3.83. The van der Waals surface area contributed by atoms with Gasteiger partial charge in [-0.05, 0) is 12.8 Å². The molecule has 0 aliphatic carbocycles. The van der Waals surface area contributed by atoms with E-state index in [1.165, 1.54) is 0 Å². The molecule has 1 aliphatic heterocycles. The topological polar surface area (TPSA) is 134 Å². The first-order chi connectivity index (χ1) is 7.56. The third-order valence-electron chi connectivity index (χ3n) is 2.58. The summed E-state index contributed by atoms with van der Waals surface area (Å²) < 4.78 is 5.28. The van der Waals surface area contributed by atoms with E-state index < -0.39 is 24.4 Å². The average molecular weight is 233 g/mol. The Morgan fingerprint density at radius 2 is 1.81 bits per heavy atom. The van der Waals surface area contributed by atoms with Gasteiger partial charge in [-0.3, -0.25) is 4.99 Å². The summed E-state index contributed by atoms with van der Waals surface area (Å²) in [6.07, 6.45) is -1.99. The molecule has 1 saturated heterocycles. The Hall–Kier alpha value is -0.890. The number of aliphatic imine (C=N–C) groups is 1. The van der Waals surface area contributed by atoms with Crippen molar-refractivity contribution in [2.75, 3.05) is 13.2 Å². The van der Waals surface area contributed by atoms with Crippen LogP contribution in [0.2, 0.25) is 0 Å². The minimum absolute atomic E-state index is 0.0289. The van der Waals surface area contributed by atoms with Crippen molar-refractivity contribution in [2.45, 2.75) is 37.3 Å². The van der Waals surface area contributed by atoms with Crippen molar-refractivity contribution in [2.24, 2.45) is 16.5 Å². The minimum Gasteiger partial charge on any atom is -0.394 e. The quantitative estimate of drug-likeness (QED) is 0.203. The maximum absolute atomic E-state index is 9.60. The molecular weight excluding hydrogens is 214 g/mol. The molecule has 0 radical (unpaired) electrons. The number of nitrogens with two attached hydrogens (primary N) is 2. The summed E-state index contributed by atoms with van der Waals surface area (Å²) in [5, 5.41) is 27.9. The fraction of sp³-hybridized carbons (Fsp3) is 0.889. The zero-order chi connectivity index (χ0) is 12.1. The van der Waals surface area contributed by atoms with Crippen molar-refractivity contribution in [3.8, 4) is 0 Å². The molecule has 1 rings (SSSR count). The van der Waals surface area contributed by atoms with Crippen LogP contribution in [0.25, 0.3) is 0 Å². The third kappa shape index (κ3) is 3.31. The molecule has 0 aromatic rings. The molecule has 16 heavy (non-hydrogen) atoms. The Kier molecular flexibility index (Phi) is 4.94. The Morgan fingerprint density at radius 3 is 2.31 bits per heavy atom. The maximum Gasteiger partial charge on any atom is 0.185 e. The smallest absolute Gasteiger partial charge is 0.185 e. The second kappa shape index (κ2) is 6.00. The summed E-state index contributed by atoms with van der Waals surface area (Å²) in [6, 6.07) is 0. The highest BCUT2D eigenvalue weighted by Crippen LogP contribution is 2.24. The average Bonchev–Trinajstić information content (AvgIpc) is 2.51. The number of ether oxygens (including phenoxy) is 1. The van der Waals surface area contributed by atoms with E-state index >= 15 is 0 Å². The molecule has 0 spiro atoms. The number of hydrogen-bond donors (Lipinski definition) is 5. The SMILES string of the molecule is NC(N)=NCCC[C@@H]1O[C@H](CO)[C@@H](O)[C@H]1O. The third-order valence-corrected chi connectivity index (χ3v) is 2.58. The van der Waals surface area contributed by atoms with Crippen LogP contribution in [0.1, 0.15) is 12.8 Å². The van der Waals surface area contributed by atoms with E-state index in [1.54, 1.807) is 0 Å². The second-order valence-electron chi connectivity index (χ2n) is 3.83. The van der Waals surface area contributed by atoms with Crippen LogP contribution in [0.5, 0.6) is 0 Å². The van der Waals surface area contributed by atoms with E-state index in [1.807, 2.05) is 0 Å². The van der Waals surface area contributed by atoms with Gasteiger partial charge in [0, 0.05) is 6.54 Å². The van der Waals surface area contributed by atoms with Crippen LogP contribution in [0.15, 0.2) is 4.99 Å². The number of aliphatic hydroxyl groups is 3. The predicted octanol–water partition coefficient (Wildman–Crippen LogP) is -2.48. The van der Waals surface area contributed by atoms with Gasteiger partial charge in [-0.25, -0.2) is 0 Å². The molecule has 0 saturated carbocycles. The van der Waals surface area contributed by atoms with E-state index in [4.69, 9.17) is 21.3 Å². The fourth-order valence-corrected chi connectivity index (χ4v) is 1.72. The predicted molar refractivity (Wildman–Crippen MR) is 57.7 cm³/mol. The molecule has 7 N–H and O–H groups in total. The lowest BCUT2D eigenvalue weighted by Gasteiger charge is -2.13. The Morgan fingerprint density at radius 1 is 1.19 bits per heavy atom. The van der Waals surface area contributed by atoms with Gasteiger partial charge in [-0.1, -0.05) is 0 Å². The highest BCUT2D eigenvalue weighted by Gasteiger charge is 2.41. The number of aliphatic hydroxyl groups excluding tert-OH is 3. The number of hydrogen-bond acceptors (Lipinski definition) is 5. The first-order valence-electron chi connectivity index (χ1n) is 5.24. The molecular formula is C9H19N3O4. The zero-order valence-corrected chi connectivity index (χ0v) is 8.99. The molecule has 0 aromatic carbocycles. The fourth-order valence-electron chi connectivity index (χ4n) is 1.72. The summed E-state index contributed by atoms with van der Waals surface area (Å²) in [6.45, 7) is 0.150. The van der Waals surface area contributed by atoms with Gasteiger partial charge in [0.2, 0.25) is 0 Å². The lowest BCUT2D eigenvalue weighted by Crippen LogP contribution is -2.33. The van der Waals surface area contributed by atoms with Gasteiger partial charge in [0.1, 0.15) is 18.3 Å². The van der Waals surface area contributed by atoms with Gasteiger partial charge < -0.3 is 31.5 Å². The number of rotatable bonds is 5. The minimum atomic E-state index is -1.03. The summed E-state index contributed by atoms with van der Waals surface area (Å²) in [7, 11) is 0. The lowest BCUT2D eigenvalue weighted by atomic mass is 10.0. The molecule has 7 nitrogen and oxygen atoms in total. The first-order valence-corrected chi connectivity index (χ1v) is 5.24. The van der Waals surface area contributed by atoms with Crippen molar-refractivity contribution in [1.29, 1.82) is 0 Å². The Bertz CT molecular complexity index is 245. The summed E-state index contributed by atoms with van der Waals surface area (Å²) in [5.74, 6) is 0.0289. The molecule has 1 aliphatic rings.